The molecular formula is C13H18N4O. The Morgan fingerprint density at radius 2 is 2.22 bits per heavy atom. The van der Waals surface area contributed by atoms with Crippen LogP contribution in [0.15, 0.2) is 24.4 Å². The number of nitrogens with one attached hydrogen (secondary N) is 1. The summed E-state index contributed by atoms with van der Waals surface area (Å²) in [7, 11) is 3.54. The average Bonchev–Trinajstić information content (AvgIpc) is 2.69. The molecule has 0 saturated heterocycles. The summed E-state index contributed by atoms with van der Waals surface area (Å²) < 4.78 is 7.04. The third-order valence-electron chi connectivity index (χ3n) is 3.09. The quantitative estimate of drug-likeness (QED) is 0.809. The summed E-state index contributed by atoms with van der Waals surface area (Å²) in [5, 5.41) is 7.51. The standard InChI is InChI=1S/C13H18N4O/c1-9-10(8-16-17(9)2)7-15-11-5-4-6-12(18-3)13(11)14/h4-6,8,15H,7,14H2,1-3H3. The lowest BCUT2D eigenvalue weighted by Crippen LogP contribution is -2.04. The zero-order valence-corrected chi connectivity index (χ0v) is 10.9. The Balaban J connectivity index is 2.13. The summed E-state index contributed by atoms with van der Waals surface area (Å²) in [4.78, 5) is 0. The van der Waals surface area contributed by atoms with Crippen LogP contribution in [0.25, 0.3) is 0 Å². The van der Waals surface area contributed by atoms with Crippen LogP contribution in [0.2, 0.25) is 0 Å². The molecule has 0 radical (unpaired) electrons. The number of hydrogen-bond acceptors (Lipinski definition) is 4. The number of nitrogens with two attached hydrogens (primary N) is 1. The first kappa shape index (κ1) is 12.3. The maximum Gasteiger partial charge on any atom is 0.143 e. The van der Waals surface area contributed by atoms with Gasteiger partial charge in [-0.2, -0.15) is 5.10 Å². The summed E-state index contributed by atoms with van der Waals surface area (Å²) in [6.45, 7) is 2.73. The van der Waals surface area contributed by atoms with Crippen LogP contribution in [0, 0.1) is 6.92 Å². The highest BCUT2D eigenvalue weighted by atomic mass is 16.5. The van der Waals surface area contributed by atoms with Gasteiger partial charge in [0.25, 0.3) is 0 Å². The van der Waals surface area contributed by atoms with Gasteiger partial charge < -0.3 is 15.8 Å². The summed E-state index contributed by atoms with van der Waals surface area (Å²) in [6.07, 6.45) is 1.86. The van der Waals surface area contributed by atoms with Crippen LogP contribution in [0.3, 0.4) is 0 Å². The van der Waals surface area contributed by atoms with Gasteiger partial charge in [-0.05, 0) is 19.1 Å². The predicted octanol–water partition coefficient (Wildman–Crippen LogP) is 1.93. The van der Waals surface area contributed by atoms with Crippen LogP contribution in [0.4, 0.5) is 11.4 Å². The minimum Gasteiger partial charge on any atom is -0.495 e. The summed E-state index contributed by atoms with van der Waals surface area (Å²) >= 11 is 0. The molecular weight excluding hydrogens is 228 g/mol. The van der Waals surface area contributed by atoms with E-state index in [-0.39, 0.29) is 0 Å². The number of nitrogens with zero attached hydrogens (tertiary/aromatic N) is 2. The highest BCUT2D eigenvalue weighted by molar-refractivity contribution is 5.72. The van der Waals surface area contributed by atoms with Crippen molar-refractivity contribution in [2.45, 2.75) is 13.5 Å². The molecule has 0 bridgehead atoms. The van der Waals surface area contributed by atoms with Crippen molar-refractivity contribution < 1.29 is 4.74 Å². The fourth-order valence-electron chi connectivity index (χ4n) is 1.78. The molecule has 3 N–H and O–H groups in total. The molecule has 5 heteroatoms. The monoisotopic (exact) mass is 246 g/mol. The van der Waals surface area contributed by atoms with Gasteiger partial charge in [-0.15, -0.1) is 0 Å². The lowest BCUT2D eigenvalue weighted by Gasteiger charge is -2.11. The van der Waals surface area contributed by atoms with E-state index in [1.54, 1.807) is 7.11 Å². The molecule has 0 atom stereocenters. The number of aryl methyl sites for hydroxylation is 1. The average molecular weight is 246 g/mol. The number of methoxy groups -OCH3 is 1. The van der Waals surface area contributed by atoms with Crippen molar-refractivity contribution in [1.82, 2.24) is 9.78 Å². The van der Waals surface area contributed by atoms with Gasteiger partial charge in [0, 0.05) is 24.8 Å². The largest absolute Gasteiger partial charge is 0.495 e. The number of aromatic nitrogens is 2. The number of anilines is 2. The molecule has 0 spiro atoms. The Hall–Kier alpha value is -2.17. The van der Waals surface area contributed by atoms with Gasteiger partial charge in [-0.1, -0.05) is 6.07 Å². The zero-order chi connectivity index (χ0) is 13.1. The molecule has 0 aliphatic heterocycles. The predicted molar refractivity (Wildman–Crippen MR) is 72.7 cm³/mol. The van der Waals surface area contributed by atoms with E-state index in [0.29, 0.717) is 18.0 Å². The molecule has 18 heavy (non-hydrogen) atoms. The van der Waals surface area contributed by atoms with Crippen molar-refractivity contribution in [3.63, 3.8) is 0 Å². The SMILES string of the molecule is COc1cccc(NCc2cnn(C)c2C)c1N. The van der Waals surface area contributed by atoms with Crippen LogP contribution in [0.5, 0.6) is 5.75 Å². The van der Waals surface area contributed by atoms with E-state index < -0.39 is 0 Å². The van der Waals surface area contributed by atoms with Crippen molar-refractivity contribution in [3.8, 4) is 5.75 Å². The smallest absolute Gasteiger partial charge is 0.143 e. The number of rotatable bonds is 4. The van der Waals surface area contributed by atoms with E-state index in [0.717, 1.165) is 16.9 Å². The van der Waals surface area contributed by atoms with Crippen molar-refractivity contribution in [1.29, 1.82) is 0 Å². The fourth-order valence-corrected chi connectivity index (χ4v) is 1.78. The normalized spacial score (nSPS) is 10.4. The number of benzene rings is 1. The molecule has 1 heterocycles. The highest BCUT2D eigenvalue weighted by Gasteiger charge is 2.07. The Labute approximate surface area is 107 Å². The minimum atomic E-state index is 0.626. The van der Waals surface area contributed by atoms with Crippen molar-refractivity contribution in [2.75, 3.05) is 18.2 Å². The molecule has 0 amide bonds. The van der Waals surface area contributed by atoms with E-state index in [9.17, 15) is 0 Å². The summed E-state index contributed by atoms with van der Waals surface area (Å²) in [5.41, 5.74) is 9.79. The molecule has 5 nitrogen and oxygen atoms in total. The molecule has 2 rings (SSSR count). The molecule has 0 saturated carbocycles. The number of hydrogen-bond donors (Lipinski definition) is 2. The summed E-state index contributed by atoms with van der Waals surface area (Å²) in [6, 6.07) is 5.69. The lowest BCUT2D eigenvalue weighted by atomic mass is 10.2. The molecule has 1 aromatic carbocycles. The Morgan fingerprint density at radius 1 is 1.44 bits per heavy atom. The first-order valence-corrected chi connectivity index (χ1v) is 5.77. The van der Waals surface area contributed by atoms with E-state index in [2.05, 4.69) is 10.4 Å². The molecule has 0 unspecified atom stereocenters. The van der Waals surface area contributed by atoms with Crippen LogP contribution < -0.4 is 15.8 Å². The molecule has 0 fully saturated rings. The third kappa shape index (κ3) is 2.25. The topological polar surface area (TPSA) is 65.1 Å². The van der Waals surface area contributed by atoms with Gasteiger partial charge >= 0.3 is 0 Å². The zero-order valence-electron chi connectivity index (χ0n) is 10.9. The fraction of sp³-hybridized carbons (Fsp3) is 0.308. The summed E-state index contributed by atoms with van der Waals surface area (Å²) in [5.74, 6) is 0.683. The van der Waals surface area contributed by atoms with E-state index in [4.69, 9.17) is 10.5 Å². The van der Waals surface area contributed by atoms with E-state index in [1.807, 2.05) is 43.0 Å². The van der Waals surface area contributed by atoms with Crippen molar-refractivity contribution >= 4 is 11.4 Å². The second-order valence-electron chi connectivity index (χ2n) is 4.15. The molecule has 1 aromatic heterocycles. The third-order valence-corrected chi connectivity index (χ3v) is 3.09. The van der Waals surface area contributed by atoms with Crippen LogP contribution in [0.1, 0.15) is 11.3 Å². The highest BCUT2D eigenvalue weighted by Crippen LogP contribution is 2.29. The van der Waals surface area contributed by atoms with Gasteiger partial charge in [0.1, 0.15) is 5.75 Å². The van der Waals surface area contributed by atoms with Gasteiger partial charge in [-0.3, -0.25) is 4.68 Å². The van der Waals surface area contributed by atoms with Gasteiger partial charge in [0.15, 0.2) is 0 Å². The number of para-hydroxylation sites is 1. The molecule has 2 aromatic rings. The van der Waals surface area contributed by atoms with Gasteiger partial charge in [-0.25, -0.2) is 0 Å². The molecule has 96 valence electrons. The van der Waals surface area contributed by atoms with E-state index in [1.165, 1.54) is 0 Å². The van der Waals surface area contributed by atoms with Crippen molar-refractivity contribution in [2.24, 2.45) is 7.05 Å². The number of nitrogen functional groups attached to an aromatic ring is 1. The maximum atomic E-state index is 5.99. The first-order valence-electron chi connectivity index (χ1n) is 5.77. The van der Waals surface area contributed by atoms with Gasteiger partial charge in [0.2, 0.25) is 0 Å². The Bertz CT molecular complexity index is 548. The first-order chi connectivity index (χ1) is 8.63. The lowest BCUT2D eigenvalue weighted by molar-refractivity contribution is 0.417. The molecule has 0 aliphatic rings. The maximum absolute atomic E-state index is 5.99. The minimum absolute atomic E-state index is 0.626. The second kappa shape index (κ2) is 5.00. The van der Waals surface area contributed by atoms with Crippen LogP contribution >= 0.6 is 0 Å². The van der Waals surface area contributed by atoms with E-state index >= 15 is 0 Å². The Kier molecular flexibility index (Phi) is 3.41. The van der Waals surface area contributed by atoms with Crippen LogP contribution in [-0.2, 0) is 13.6 Å². The van der Waals surface area contributed by atoms with Crippen LogP contribution in [-0.4, -0.2) is 16.9 Å². The second-order valence-corrected chi connectivity index (χ2v) is 4.15. The number of ether oxygens (including phenoxy) is 1. The molecule has 0 aliphatic carbocycles. The van der Waals surface area contributed by atoms with Crippen molar-refractivity contribution in [3.05, 3.63) is 35.7 Å². The Morgan fingerprint density at radius 3 is 2.83 bits per heavy atom. The van der Waals surface area contributed by atoms with Gasteiger partial charge in [0.05, 0.1) is 24.7 Å².